The van der Waals surface area contributed by atoms with Crippen molar-refractivity contribution >= 4 is 36.0 Å². The summed E-state index contributed by atoms with van der Waals surface area (Å²) < 4.78 is 58.9. The van der Waals surface area contributed by atoms with Gasteiger partial charge in [-0.05, 0) is 69.4 Å². The van der Waals surface area contributed by atoms with Crippen molar-refractivity contribution in [3.63, 3.8) is 0 Å². The summed E-state index contributed by atoms with van der Waals surface area (Å²) in [6.45, 7) is 16.9. The van der Waals surface area contributed by atoms with Gasteiger partial charge in [-0.1, -0.05) is 84.7 Å². The van der Waals surface area contributed by atoms with Crippen LogP contribution in [0.25, 0.3) is 0 Å². The third-order valence-electron chi connectivity index (χ3n) is 6.24. The van der Waals surface area contributed by atoms with Gasteiger partial charge in [0.1, 0.15) is 0 Å². The van der Waals surface area contributed by atoms with Crippen LogP contribution in [-0.2, 0) is 20.0 Å². The van der Waals surface area contributed by atoms with Crippen LogP contribution < -0.4 is 4.72 Å². The standard InChI is InChI=1S/C29H39BrN2O4S2/c1-9-11-28(20(3)4)32(38(35,36)29-23(7)16-22(6)17-24(29)8)19-25(30)18-26(10-2)31-37(33,34)27-14-12-21(5)13-15-27/h11-18,20,26,28,31H,1,10,19H2,2-8H3/b25-18-/t26?,28-/m1/s1. The summed E-state index contributed by atoms with van der Waals surface area (Å²) in [5.41, 5.74) is 6.07. The van der Waals surface area contributed by atoms with E-state index < -0.39 is 32.1 Å². The first-order valence-electron chi connectivity index (χ1n) is 12.5. The van der Waals surface area contributed by atoms with Crippen LogP contribution >= 0.6 is 15.9 Å². The Hall–Kier alpha value is -2.00. The second-order valence-corrected chi connectivity index (χ2v) is 14.5. The van der Waals surface area contributed by atoms with E-state index in [1.807, 2.05) is 46.8 Å². The monoisotopic (exact) mass is 622 g/mol. The molecule has 0 aliphatic carbocycles. The van der Waals surface area contributed by atoms with Crippen LogP contribution in [-0.4, -0.2) is 39.8 Å². The SMILES string of the molecule is C=C=C[C@H](C(C)C)N(C/C(Br)=C/C(CC)NS(=O)(=O)c1ccc(C)cc1)S(=O)(=O)c1c(C)cc(C)cc1C. The fourth-order valence-electron chi connectivity index (χ4n) is 4.41. The molecule has 0 amide bonds. The molecule has 0 saturated heterocycles. The van der Waals surface area contributed by atoms with Crippen molar-refractivity contribution in [2.24, 2.45) is 5.92 Å². The van der Waals surface area contributed by atoms with Gasteiger partial charge in [0.15, 0.2) is 0 Å². The molecule has 0 saturated carbocycles. The molecule has 0 aliphatic heterocycles. The van der Waals surface area contributed by atoms with Crippen molar-refractivity contribution < 1.29 is 16.8 Å². The zero-order chi connectivity index (χ0) is 28.8. The smallest absolute Gasteiger partial charge is 0.207 e. The molecule has 9 heteroatoms. The number of sulfonamides is 2. The number of rotatable bonds is 12. The van der Waals surface area contributed by atoms with Gasteiger partial charge in [0, 0.05) is 17.1 Å². The fourth-order valence-corrected chi connectivity index (χ4v) is 8.53. The third-order valence-corrected chi connectivity index (χ3v) is 10.4. The molecule has 2 atom stereocenters. The lowest BCUT2D eigenvalue weighted by atomic mass is 10.0. The molecule has 6 nitrogen and oxygen atoms in total. The number of hydrogen-bond acceptors (Lipinski definition) is 4. The van der Waals surface area contributed by atoms with E-state index in [1.54, 1.807) is 50.3 Å². The molecule has 2 aromatic rings. The quantitative estimate of drug-likeness (QED) is 0.281. The molecule has 0 radical (unpaired) electrons. The summed E-state index contributed by atoms with van der Waals surface area (Å²) in [6, 6.07) is 9.30. The molecule has 2 aromatic carbocycles. The summed E-state index contributed by atoms with van der Waals surface area (Å²) in [5, 5.41) is 0. The van der Waals surface area contributed by atoms with Crippen molar-refractivity contribution in [1.29, 1.82) is 0 Å². The largest absolute Gasteiger partial charge is 0.244 e. The van der Waals surface area contributed by atoms with Gasteiger partial charge in [0.05, 0.1) is 15.8 Å². The van der Waals surface area contributed by atoms with E-state index in [9.17, 15) is 16.8 Å². The Balaban J connectivity index is 2.51. The lowest BCUT2D eigenvalue weighted by Gasteiger charge is -2.32. The Labute approximate surface area is 237 Å². The average molecular weight is 624 g/mol. The van der Waals surface area contributed by atoms with Gasteiger partial charge in [-0.2, -0.15) is 4.31 Å². The van der Waals surface area contributed by atoms with Gasteiger partial charge in [0.2, 0.25) is 20.0 Å². The molecule has 0 fully saturated rings. The van der Waals surface area contributed by atoms with Crippen molar-refractivity contribution in [3.8, 4) is 0 Å². The van der Waals surface area contributed by atoms with Crippen LogP contribution in [0.1, 0.15) is 49.4 Å². The maximum Gasteiger partial charge on any atom is 0.244 e. The molecule has 1 unspecified atom stereocenters. The van der Waals surface area contributed by atoms with Crippen molar-refractivity contribution in [2.45, 2.75) is 76.8 Å². The van der Waals surface area contributed by atoms with Crippen molar-refractivity contribution in [2.75, 3.05) is 6.54 Å². The van der Waals surface area contributed by atoms with Crippen molar-refractivity contribution in [1.82, 2.24) is 9.03 Å². The van der Waals surface area contributed by atoms with Crippen LogP contribution in [0.2, 0.25) is 0 Å². The minimum atomic E-state index is -3.94. The molecule has 2 rings (SSSR count). The zero-order valence-corrected chi connectivity index (χ0v) is 26.5. The van der Waals surface area contributed by atoms with Crippen molar-refractivity contribution in [3.05, 3.63) is 87.6 Å². The number of aryl methyl sites for hydroxylation is 4. The highest BCUT2D eigenvalue weighted by atomic mass is 79.9. The molecule has 0 bridgehead atoms. The molecule has 0 aromatic heterocycles. The van der Waals surface area contributed by atoms with E-state index >= 15 is 0 Å². The Morgan fingerprint density at radius 1 is 1.03 bits per heavy atom. The third kappa shape index (κ3) is 8.01. The first-order chi connectivity index (χ1) is 17.6. The normalized spacial score (nSPS) is 14.4. The molecule has 0 heterocycles. The van der Waals surface area contributed by atoms with E-state index in [-0.39, 0.29) is 22.3 Å². The first-order valence-corrected chi connectivity index (χ1v) is 16.3. The predicted octanol–water partition coefficient (Wildman–Crippen LogP) is 6.31. The van der Waals surface area contributed by atoms with E-state index in [0.717, 1.165) is 11.1 Å². The van der Waals surface area contributed by atoms with Crippen LogP contribution in [0.5, 0.6) is 0 Å². The van der Waals surface area contributed by atoms with Gasteiger partial charge in [-0.15, -0.1) is 5.73 Å². The highest BCUT2D eigenvalue weighted by molar-refractivity contribution is 9.11. The number of benzene rings is 2. The molecule has 38 heavy (non-hydrogen) atoms. The van der Waals surface area contributed by atoms with Crippen LogP contribution in [0.15, 0.2) is 75.1 Å². The summed E-state index contributed by atoms with van der Waals surface area (Å²) in [4.78, 5) is 0.454. The maximum atomic E-state index is 14.1. The molecule has 0 spiro atoms. The Kier molecular flexibility index (Phi) is 11.3. The molecule has 0 aliphatic rings. The summed E-state index contributed by atoms with van der Waals surface area (Å²) >= 11 is 3.55. The summed E-state index contributed by atoms with van der Waals surface area (Å²) in [7, 11) is -7.70. The van der Waals surface area contributed by atoms with Crippen LogP contribution in [0.3, 0.4) is 0 Å². The van der Waals surface area contributed by atoms with Crippen LogP contribution in [0.4, 0.5) is 0 Å². The van der Waals surface area contributed by atoms with Gasteiger partial charge >= 0.3 is 0 Å². The molecular formula is C29H39BrN2O4S2. The summed E-state index contributed by atoms with van der Waals surface area (Å²) in [5.74, 6) is -0.0626. The number of nitrogens with one attached hydrogen (secondary N) is 1. The Bertz CT molecular complexity index is 1400. The minimum absolute atomic E-state index is 0.0128. The maximum absolute atomic E-state index is 14.1. The molecule has 1 N–H and O–H groups in total. The van der Waals surface area contributed by atoms with Gasteiger partial charge in [0.25, 0.3) is 0 Å². The predicted molar refractivity (Wildman–Crippen MR) is 159 cm³/mol. The average Bonchev–Trinajstić information content (AvgIpc) is 2.79. The van der Waals surface area contributed by atoms with E-state index in [2.05, 4.69) is 33.0 Å². The first kappa shape index (κ1) is 32.2. The molecular weight excluding hydrogens is 584 g/mol. The number of halogens is 1. The Morgan fingerprint density at radius 3 is 2.05 bits per heavy atom. The van der Waals surface area contributed by atoms with Gasteiger partial charge < -0.3 is 0 Å². The minimum Gasteiger partial charge on any atom is -0.207 e. The van der Waals surface area contributed by atoms with Gasteiger partial charge in [-0.25, -0.2) is 21.6 Å². The van der Waals surface area contributed by atoms with E-state index in [0.29, 0.717) is 22.0 Å². The Morgan fingerprint density at radius 2 is 1.58 bits per heavy atom. The number of nitrogens with zero attached hydrogens (tertiary/aromatic N) is 1. The summed E-state index contributed by atoms with van der Waals surface area (Å²) in [6.07, 6.45) is 3.86. The fraction of sp³-hybridized carbons (Fsp3) is 0.414. The highest BCUT2D eigenvalue weighted by Gasteiger charge is 2.34. The lowest BCUT2D eigenvalue weighted by molar-refractivity contribution is 0.323. The van der Waals surface area contributed by atoms with Crippen LogP contribution in [0, 0.1) is 33.6 Å². The highest BCUT2D eigenvalue weighted by Crippen LogP contribution is 2.30. The lowest BCUT2D eigenvalue weighted by Crippen LogP contribution is -2.43. The van der Waals surface area contributed by atoms with E-state index in [4.69, 9.17) is 0 Å². The topological polar surface area (TPSA) is 83.6 Å². The van der Waals surface area contributed by atoms with E-state index in [1.165, 1.54) is 4.31 Å². The second kappa shape index (κ2) is 13.4. The number of hydrogen-bond donors (Lipinski definition) is 1. The van der Waals surface area contributed by atoms with Gasteiger partial charge in [-0.3, -0.25) is 0 Å². The molecule has 208 valence electrons. The second-order valence-electron chi connectivity index (χ2n) is 9.95. The zero-order valence-electron chi connectivity index (χ0n) is 23.2.